The van der Waals surface area contributed by atoms with E-state index in [-0.39, 0.29) is 0 Å². The molecular weight excluding hydrogens is 191 g/mol. The SMILES string of the molecule is O=S(=O)(O)OC(Cl)=CCl. The molecule has 9 heavy (non-hydrogen) atoms. The molecule has 0 saturated heterocycles. The van der Waals surface area contributed by atoms with Crippen molar-refractivity contribution in [1.29, 1.82) is 0 Å². The minimum Gasteiger partial charge on any atom is -0.348 e. The largest absolute Gasteiger partial charge is 0.447 e. The zero-order valence-electron chi connectivity index (χ0n) is 3.91. The molecule has 7 heteroatoms. The van der Waals surface area contributed by atoms with E-state index < -0.39 is 15.6 Å². The molecule has 0 unspecified atom stereocenters. The van der Waals surface area contributed by atoms with Crippen LogP contribution in [0.15, 0.2) is 10.8 Å². The van der Waals surface area contributed by atoms with E-state index in [0.717, 1.165) is 0 Å². The van der Waals surface area contributed by atoms with Crippen molar-refractivity contribution in [3.05, 3.63) is 10.8 Å². The Kier molecular flexibility index (Phi) is 3.27. The maximum absolute atomic E-state index is 9.75. The predicted octanol–water partition coefficient (Wildman–Crippen LogP) is 1.08. The fourth-order valence-electron chi connectivity index (χ4n) is 0.119. The van der Waals surface area contributed by atoms with Gasteiger partial charge >= 0.3 is 10.4 Å². The van der Waals surface area contributed by atoms with E-state index in [4.69, 9.17) is 27.8 Å². The summed E-state index contributed by atoms with van der Waals surface area (Å²) in [7, 11) is -4.52. The lowest BCUT2D eigenvalue weighted by molar-refractivity contribution is 0.349. The zero-order chi connectivity index (χ0) is 7.49. The first-order valence-corrected chi connectivity index (χ1v) is 3.76. The minimum absolute atomic E-state index is 0.612. The van der Waals surface area contributed by atoms with E-state index in [0.29, 0.717) is 5.54 Å². The second-order valence-electron chi connectivity index (χ2n) is 0.924. The van der Waals surface area contributed by atoms with Crippen LogP contribution in [0.4, 0.5) is 0 Å². The third-order valence-corrected chi connectivity index (χ3v) is 1.25. The van der Waals surface area contributed by atoms with Crippen molar-refractivity contribution >= 4 is 33.6 Å². The molecule has 0 radical (unpaired) electrons. The number of rotatable bonds is 2. The van der Waals surface area contributed by atoms with Gasteiger partial charge in [-0.3, -0.25) is 4.55 Å². The quantitative estimate of drug-likeness (QED) is 0.526. The highest BCUT2D eigenvalue weighted by Gasteiger charge is 2.05. The minimum atomic E-state index is -4.52. The van der Waals surface area contributed by atoms with Crippen LogP contribution in [0.3, 0.4) is 0 Å². The summed E-state index contributed by atoms with van der Waals surface area (Å²) in [5.74, 6) is 0. The first-order chi connectivity index (χ1) is 3.95. The molecule has 54 valence electrons. The van der Waals surface area contributed by atoms with Crippen molar-refractivity contribution in [1.82, 2.24) is 0 Å². The van der Waals surface area contributed by atoms with Gasteiger partial charge in [-0.05, 0) is 11.6 Å². The van der Waals surface area contributed by atoms with Gasteiger partial charge in [-0.1, -0.05) is 11.6 Å². The standard InChI is InChI=1S/C2H2Cl2O4S/c3-1-2(4)8-9(5,6)7/h1H,(H,5,6,7). The summed E-state index contributed by atoms with van der Waals surface area (Å²) in [6.07, 6.45) is 0. The Labute approximate surface area is 62.0 Å². The van der Waals surface area contributed by atoms with Gasteiger partial charge < -0.3 is 4.18 Å². The third kappa shape index (κ3) is 5.91. The Morgan fingerprint density at radius 2 is 2.11 bits per heavy atom. The summed E-state index contributed by atoms with van der Waals surface area (Å²) in [5.41, 5.74) is 0.662. The predicted molar refractivity (Wildman–Crippen MR) is 32.4 cm³/mol. The summed E-state index contributed by atoms with van der Waals surface area (Å²) < 4.78 is 31.0. The lowest BCUT2D eigenvalue weighted by Crippen LogP contribution is -1.99. The molecule has 0 atom stereocenters. The van der Waals surface area contributed by atoms with E-state index in [1.807, 2.05) is 0 Å². The maximum Gasteiger partial charge on any atom is 0.447 e. The molecule has 4 nitrogen and oxygen atoms in total. The zero-order valence-corrected chi connectivity index (χ0v) is 6.24. The fraction of sp³-hybridized carbons (Fsp3) is 0. The smallest absolute Gasteiger partial charge is 0.348 e. The van der Waals surface area contributed by atoms with Crippen molar-refractivity contribution in [2.75, 3.05) is 0 Å². The third-order valence-electron chi connectivity index (χ3n) is 0.271. The van der Waals surface area contributed by atoms with Crippen molar-refractivity contribution in [3.63, 3.8) is 0 Å². The molecule has 0 fully saturated rings. The Bertz CT molecular complexity index is 205. The van der Waals surface area contributed by atoms with Crippen LogP contribution < -0.4 is 0 Å². The Morgan fingerprint density at radius 3 is 2.22 bits per heavy atom. The van der Waals surface area contributed by atoms with Gasteiger partial charge in [0.25, 0.3) is 0 Å². The maximum atomic E-state index is 9.75. The van der Waals surface area contributed by atoms with Gasteiger partial charge in [-0.2, -0.15) is 8.42 Å². The van der Waals surface area contributed by atoms with Gasteiger partial charge in [0, 0.05) is 0 Å². The second kappa shape index (κ2) is 3.26. The monoisotopic (exact) mass is 192 g/mol. The molecule has 0 saturated carbocycles. The Morgan fingerprint density at radius 1 is 1.67 bits per heavy atom. The van der Waals surface area contributed by atoms with E-state index in [9.17, 15) is 8.42 Å². The average Bonchev–Trinajstić information content (AvgIpc) is 1.62. The van der Waals surface area contributed by atoms with Gasteiger partial charge in [-0.15, -0.1) is 0 Å². The van der Waals surface area contributed by atoms with Crippen molar-refractivity contribution < 1.29 is 17.2 Å². The highest BCUT2D eigenvalue weighted by atomic mass is 35.5. The molecule has 0 aromatic rings. The molecule has 1 N–H and O–H groups in total. The van der Waals surface area contributed by atoms with Gasteiger partial charge in [-0.25, -0.2) is 0 Å². The average molecular weight is 193 g/mol. The molecule has 0 aromatic carbocycles. The fourth-order valence-corrected chi connectivity index (χ4v) is 0.704. The molecule has 0 aromatic heterocycles. The van der Waals surface area contributed by atoms with E-state index in [1.54, 1.807) is 0 Å². The Hall–Kier alpha value is 0.0300. The van der Waals surface area contributed by atoms with Crippen LogP contribution in [0.5, 0.6) is 0 Å². The molecule has 0 heterocycles. The van der Waals surface area contributed by atoms with Crippen LogP contribution in [0.2, 0.25) is 0 Å². The van der Waals surface area contributed by atoms with Gasteiger partial charge in [0.2, 0.25) is 5.22 Å². The van der Waals surface area contributed by atoms with Crippen LogP contribution in [0, 0.1) is 0 Å². The highest BCUT2D eigenvalue weighted by molar-refractivity contribution is 7.81. The molecule has 0 amide bonds. The summed E-state index contributed by atoms with van der Waals surface area (Å²) in [6.45, 7) is 0. The van der Waals surface area contributed by atoms with Crippen LogP contribution in [0.25, 0.3) is 0 Å². The van der Waals surface area contributed by atoms with Gasteiger partial charge in [0.1, 0.15) is 0 Å². The molecule has 0 spiro atoms. The summed E-state index contributed by atoms with van der Waals surface area (Å²) in [4.78, 5) is 0. The lowest BCUT2D eigenvalue weighted by atomic mass is 11.2. The van der Waals surface area contributed by atoms with Crippen LogP contribution in [0.1, 0.15) is 0 Å². The molecular formula is C2H2Cl2O4S. The van der Waals surface area contributed by atoms with Crippen molar-refractivity contribution in [2.24, 2.45) is 0 Å². The second-order valence-corrected chi connectivity index (χ2v) is 2.54. The lowest BCUT2D eigenvalue weighted by Gasteiger charge is -1.94. The summed E-state index contributed by atoms with van der Waals surface area (Å²) >= 11 is 9.78. The molecule has 0 aliphatic carbocycles. The molecule has 0 aliphatic heterocycles. The van der Waals surface area contributed by atoms with Crippen LogP contribution in [-0.4, -0.2) is 13.0 Å². The highest BCUT2D eigenvalue weighted by Crippen LogP contribution is 2.07. The van der Waals surface area contributed by atoms with Crippen molar-refractivity contribution in [3.8, 4) is 0 Å². The topological polar surface area (TPSA) is 63.6 Å². The number of hydrogen-bond donors (Lipinski definition) is 1. The van der Waals surface area contributed by atoms with Crippen LogP contribution in [-0.2, 0) is 14.6 Å². The molecule has 0 aliphatic rings. The first kappa shape index (κ1) is 9.03. The summed E-state index contributed by atoms with van der Waals surface area (Å²) in [5, 5.41) is -0.612. The van der Waals surface area contributed by atoms with Gasteiger partial charge in [0.05, 0.1) is 5.54 Å². The molecule has 0 bridgehead atoms. The first-order valence-electron chi connectivity index (χ1n) is 1.58. The summed E-state index contributed by atoms with van der Waals surface area (Å²) in [6, 6.07) is 0. The van der Waals surface area contributed by atoms with E-state index in [1.165, 1.54) is 0 Å². The van der Waals surface area contributed by atoms with E-state index >= 15 is 0 Å². The van der Waals surface area contributed by atoms with E-state index in [2.05, 4.69) is 4.18 Å². The number of halogens is 2. The van der Waals surface area contributed by atoms with Gasteiger partial charge in [0.15, 0.2) is 0 Å². The van der Waals surface area contributed by atoms with Crippen molar-refractivity contribution in [2.45, 2.75) is 0 Å². The number of hydrogen-bond acceptors (Lipinski definition) is 3. The van der Waals surface area contributed by atoms with Crippen LogP contribution >= 0.6 is 23.2 Å². The Balaban J connectivity index is 4.07. The normalized spacial score (nSPS) is 13.4. The molecule has 0 rings (SSSR count).